The first-order valence-electron chi connectivity index (χ1n) is 6.24. The number of ether oxygens (including phenoxy) is 1. The Morgan fingerprint density at radius 2 is 2.00 bits per heavy atom. The predicted octanol–water partition coefficient (Wildman–Crippen LogP) is 3.23. The summed E-state index contributed by atoms with van der Waals surface area (Å²) in [7, 11) is 0. The van der Waals surface area contributed by atoms with Crippen LogP contribution in [0.5, 0.6) is 5.75 Å². The zero-order valence-corrected chi connectivity index (χ0v) is 10.4. The third-order valence-electron chi connectivity index (χ3n) is 2.55. The van der Waals surface area contributed by atoms with Gasteiger partial charge in [-0.15, -0.1) is 0 Å². The molecule has 1 unspecified atom stereocenters. The van der Waals surface area contributed by atoms with Crippen LogP contribution in [0.3, 0.4) is 0 Å². The van der Waals surface area contributed by atoms with Crippen LogP contribution in [0.1, 0.15) is 33.1 Å². The lowest BCUT2D eigenvalue weighted by Gasteiger charge is -2.12. The average molecular weight is 221 g/mol. The lowest BCUT2D eigenvalue weighted by molar-refractivity contribution is 0.304. The summed E-state index contributed by atoms with van der Waals surface area (Å²) in [6.07, 6.45) is 3.55. The van der Waals surface area contributed by atoms with E-state index in [-0.39, 0.29) is 0 Å². The molecule has 1 atom stereocenters. The molecule has 0 aliphatic carbocycles. The van der Waals surface area contributed by atoms with E-state index in [1.165, 1.54) is 12.8 Å². The molecule has 0 fully saturated rings. The minimum Gasteiger partial charge on any atom is -0.494 e. The third-order valence-corrected chi connectivity index (χ3v) is 2.55. The Bertz CT molecular complexity index is 261. The Morgan fingerprint density at radius 1 is 1.25 bits per heavy atom. The molecule has 0 radical (unpaired) electrons. The van der Waals surface area contributed by atoms with E-state index in [2.05, 4.69) is 19.2 Å². The zero-order valence-electron chi connectivity index (χ0n) is 10.4. The van der Waals surface area contributed by atoms with Crippen LogP contribution in [0.4, 0.5) is 0 Å². The van der Waals surface area contributed by atoms with Gasteiger partial charge in [-0.25, -0.2) is 0 Å². The smallest absolute Gasteiger partial charge is 0.119 e. The second-order valence-electron chi connectivity index (χ2n) is 4.16. The van der Waals surface area contributed by atoms with E-state index in [0.29, 0.717) is 6.04 Å². The van der Waals surface area contributed by atoms with Gasteiger partial charge in [0, 0.05) is 6.04 Å². The summed E-state index contributed by atoms with van der Waals surface area (Å²) in [5.74, 6) is 0.962. The topological polar surface area (TPSA) is 21.3 Å². The van der Waals surface area contributed by atoms with Gasteiger partial charge in [0.2, 0.25) is 0 Å². The molecule has 16 heavy (non-hydrogen) atoms. The van der Waals surface area contributed by atoms with E-state index in [1.54, 1.807) is 0 Å². The third kappa shape index (κ3) is 5.76. The van der Waals surface area contributed by atoms with Crippen molar-refractivity contribution in [2.45, 2.75) is 39.2 Å². The van der Waals surface area contributed by atoms with Crippen LogP contribution in [0.25, 0.3) is 0 Å². The molecule has 90 valence electrons. The molecule has 1 aromatic carbocycles. The minimum absolute atomic E-state index is 0.627. The summed E-state index contributed by atoms with van der Waals surface area (Å²) in [5, 5.41) is 3.49. The fourth-order valence-electron chi connectivity index (χ4n) is 1.66. The van der Waals surface area contributed by atoms with Crippen LogP contribution in [0, 0.1) is 0 Å². The van der Waals surface area contributed by atoms with Gasteiger partial charge in [0.15, 0.2) is 0 Å². The van der Waals surface area contributed by atoms with Crippen molar-refractivity contribution in [3.05, 3.63) is 30.3 Å². The lowest BCUT2D eigenvalue weighted by Crippen LogP contribution is -2.27. The van der Waals surface area contributed by atoms with E-state index >= 15 is 0 Å². The second-order valence-corrected chi connectivity index (χ2v) is 4.16. The number of benzene rings is 1. The van der Waals surface area contributed by atoms with Gasteiger partial charge in [-0.3, -0.25) is 0 Å². The lowest BCUT2D eigenvalue weighted by atomic mass is 10.2. The van der Waals surface area contributed by atoms with Crippen molar-refractivity contribution in [2.75, 3.05) is 13.2 Å². The number of hydrogen-bond donors (Lipinski definition) is 1. The van der Waals surface area contributed by atoms with Crippen LogP contribution >= 0.6 is 0 Å². The Kier molecular flexibility index (Phi) is 6.66. The van der Waals surface area contributed by atoms with Gasteiger partial charge < -0.3 is 10.1 Å². The number of nitrogens with one attached hydrogen (secondary N) is 1. The number of para-hydroxylation sites is 1. The van der Waals surface area contributed by atoms with Crippen LogP contribution in [0.15, 0.2) is 30.3 Å². The van der Waals surface area contributed by atoms with E-state index in [9.17, 15) is 0 Å². The highest BCUT2D eigenvalue weighted by Crippen LogP contribution is 2.08. The van der Waals surface area contributed by atoms with Crippen molar-refractivity contribution >= 4 is 0 Å². The second kappa shape index (κ2) is 8.17. The van der Waals surface area contributed by atoms with Gasteiger partial charge in [0.25, 0.3) is 0 Å². The zero-order chi connectivity index (χ0) is 11.6. The van der Waals surface area contributed by atoms with Crippen LogP contribution in [0.2, 0.25) is 0 Å². The molecule has 0 saturated heterocycles. The molecule has 0 saturated carbocycles. The van der Waals surface area contributed by atoms with Gasteiger partial charge in [-0.05, 0) is 38.4 Å². The summed E-state index contributed by atoms with van der Waals surface area (Å²) in [6.45, 7) is 6.28. The SMILES string of the molecule is CCCC(C)NCCCOc1ccccc1. The maximum absolute atomic E-state index is 5.61. The van der Waals surface area contributed by atoms with Crippen LogP contribution < -0.4 is 10.1 Å². The molecule has 2 heteroatoms. The Hall–Kier alpha value is -1.02. The van der Waals surface area contributed by atoms with Gasteiger partial charge in [-0.2, -0.15) is 0 Å². The van der Waals surface area contributed by atoms with E-state index in [4.69, 9.17) is 4.74 Å². The molecular weight excluding hydrogens is 198 g/mol. The molecule has 0 bridgehead atoms. The van der Waals surface area contributed by atoms with Crippen molar-refractivity contribution in [1.29, 1.82) is 0 Å². The molecule has 0 heterocycles. The normalized spacial score (nSPS) is 12.4. The molecule has 1 rings (SSSR count). The molecule has 0 amide bonds. The van der Waals surface area contributed by atoms with Crippen molar-refractivity contribution in [2.24, 2.45) is 0 Å². The molecular formula is C14H23NO. The first-order chi connectivity index (χ1) is 7.83. The van der Waals surface area contributed by atoms with E-state index in [0.717, 1.165) is 25.3 Å². The van der Waals surface area contributed by atoms with Gasteiger partial charge in [-0.1, -0.05) is 31.5 Å². The Morgan fingerprint density at radius 3 is 2.69 bits per heavy atom. The summed E-state index contributed by atoms with van der Waals surface area (Å²) in [5.41, 5.74) is 0. The predicted molar refractivity (Wildman–Crippen MR) is 68.9 cm³/mol. The highest BCUT2D eigenvalue weighted by molar-refractivity contribution is 5.20. The maximum atomic E-state index is 5.61. The van der Waals surface area contributed by atoms with Gasteiger partial charge in [0.1, 0.15) is 5.75 Å². The maximum Gasteiger partial charge on any atom is 0.119 e. The quantitative estimate of drug-likeness (QED) is 0.680. The Labute approximate surface area is 99.0 Å². The van der Waals surface area contributed by atoms with Crippen molar-refractivity contribution in [3.8, 4) is 5.75 Å². The molecule has 0 spiro atoms. The first-order valence-corrected chi connectivity index (χ1v) is 6.24. The largest absolute Gasteiger partial charge is 0.494 e. The summed E-state index contributed by atoms with van der Waals surface area (Å²) in [4.78, 5) is 0. The van der Waals surface area contributed by atoms with E-state index in [1.807, 2.05) is 30.3 Å². The van der Waals surface area contributed by atoms with Crippen LogP contribution in [-0.2, 0) is 0 Å². The van der Waals surface area contributed by atoms with Crippen molar-refractivity contribution in [3.63, 3.8) is 0 Å². The Balaban J connectivity index is 2.00. The molecule has 1 aromatic rings. The molecule has 0 aromatic heterocycles. The number of rotatable bonds is 8. The summed E-state index contributed by atoms with van der Waals surface area (Å²) >= 11 is 0. The highest BCUT2D eigenvalue weighted by atomic mass is 16.5. The fraction of sp³-hybridized carbons (Fsp3) is 0.571. The summed E-state index contributed by atoms with van der Waals surface area (Å²) < 4.78 is 5.61. The summed E-state index contributed by atoms with van der Waals surface area (Å²) in [6, 6.07) is 10.6. The number of hydrogen-bond acceptors (Lipinski definition) is 2. The van der Waals surface area contributed by atoms with E-state index < -0.39 is 0 Å². The average Bonchev–Trinajstić information content (AvgIpc) is 2.30. The first kappa shape index (κ1) is 13.0. The monoisotopic (exact) mass is 221 g/mol. The standard InChI is InChI=1S/C14H23NO/c1-3-8-13(2)15-11-7-12-16-14-9-5-4-6-10-14/h4-6,9-10,13,15H,3,7-8,11-12H2,1-2H3. The molecule has 1 N–H and O–H groups in total. The van der Waals surface area contributed by atoms with Crippen molar-refractivity contribution < 1.29 is 4.74 Å². The highest BCUT2D eigenvalue weighted by Gasteiger charge is 1.98. The van der Waals surface area contributed by atoms with Crippen LogP contribution in [-0.4, -0.2) is 19.2 Å². The molecule has 0 aliphatic rings. The minimum atomic E-state index is 0.627. The molecule has 2 nitrogen and oxygen atoms in total. The fourth-order valence-corrected chi connectivity index (χ4v) is 1.66. The van der Waals surface area contributed by atoms with Gasteiger partial charge >= 0.3 is 0 Å². The molecule has 0 aliphatic heterocycles. The van der Waals surface area contributed by atoms with Crippen molar-refractivity contribution in [1.82, 2.24) is 5.32 Å². The van der Waals surface area contributed by atoms with Gasteiger partial charge in [0.05, 0.1) is 6.61 Å².